The first-order valence-corrected chi connectivity index (χ1v) is 7.74. The van der Waals surface area contributed by atoms with E-state index in [-0.39, 0.29) is 17.4 Å². The summed E-state index contributed by atoms with van der Waals surface area (Å²) in [4.78, 5) is 25.2. The minimum atomic E-state index is -0.314. The number of nitrogens with one attached hydrogen (secondary N) is 2. The Hall–Kier alpha value is -2.73. The van der Waals surface area contributed by atoms with Gasteiger partial charge in [-0.15, -0.1) is 0 Å². The van der Waals surface area contributed by atoms with Crippen LogP contribution in [0.4, 0.5) is 5.69 Å². The van der Waals surface area contributed by atoms with Crippen LogP contribution in [0.5, 0.6) is 0 Å². The van der Waals surface area contributed by atoms with Crippen molar-refractivity contribution in [2.45, 2.75) is 9.79 Å². The minimum Gasteiger partial charge on any atom is -0.515 e. The molecule has 0 aromatic heterocycles. The molecule has 1 heterocycles. The van der Waals surface area contributed by atoms with E-state index < -0.39 is 0 Å². The maximum absolute atomic E-state index is 11.7. The highest BCUT2D eigenvalue weighted by atomic mass is 32.2. The fourth-order valence-corrected chi connectivity index (χ4v) is 3.26. The van der Waals surface area contributed by atoms with Gasteiger partial charge in [0.2, 0.25) is 0 Å². The number of carbonyl (C=O) groups is 2. The first-order chi connectivity index (χ1) is 11.1. The predicted octanol–water partition coefficient (Wildman–Crippen LogP) is 3.05. The second-order valence-electron chi connectivity index (χ2n) is 4.91. The van der Waals surface area contributed by atoms with Crippen LogP contribution in [-0.4, -0.2) is 24.0 Å². The summed E-state index contributed by atoms with van der Waals surface area (Å²) in [5.74, 6) is -0.447. The van der Waals surface area contributed by atoms with Crippen molar-refractivity contribution in [3.8, 4) is 0 Å². The van der Waals surface area contributed by atoms with Crippen LogP contribution >= 0.6 is 11.8 Å². The molecule has 116 valence electrons. The molecule has 0 radical (unpaired) electrons. The highest BCUT2D eigenvalue weighted by Crippen LogP contribution is 2.37. The third-order valence-corrected chi connectivity index (χ3v) is 4.44. The number of aliphatic hydroxyl groups is 1. The van der Waals surface area contributed by atoms with E-state index in [0.29, 0.717) is 16.8 Å². The third-order valence-electron chi connectivity index (χ3n) is 3.46. The summed E-state index contributed by atoms with van der Waals surface area (Å²) >= 11 is 1.49. The average Bonchev–Trinajstić information content (AvgIpc) is 2.88. The van der Waals surface area contributed by atoms with E-state index in [0.717, 1.165) is 16.1 Å². The van der Waals surface area contributed by atoms with Crippen LogP contribution in [0.25, 0.3) is 5.57 Å². The number of rotatable bonds is 3. The Morgan fingerprint density at radius 3 is 2.74 bits per heavy atom. The first kappa shape index (κ1) is 15.2. The molecule has 0 atom stereocenters. The predicted molar refractivity (Wildman–Crippen MR) is 89.6 cm³/mol. The summed E-state index contributed by atoms with van der Waals surface area (Å²) < 4.78 is 0. The SMILES string of the molecule is CNC(=O)c1cccc(Sc2ccc3c(c2)NC(=O)C3=CO)c1. The molecule has 0 saturated heterocycles. The molecule has 6 heteroatoms. The fraction of sp³-hybridized carbons (Fsp3) is 0.0588. The van der Waals surface area contributed by atoms with E-state index in [2.05, 4.69) is 10.6 Å². The van der Waals surface area contributed by atoms with Crippen molar-refractivity contribution in [3.63, 3.8) is 0 Å². The minimum absolute atomic E-state index is 0.133. The molecule has 0 fully saturated rings. The molecule has 0 aliphatic carbocycles. The molecule has 0 spiro atoms. The molecular formula is C17H14N2O3S. The van der Waals surface area contributed by atoms with Crippen LogP contribution in [0.3, 0.4) is 0 Å². The highest BCUT2D eigenvalue weighted by Gasteiger charge is 2.24. The standard InChI is InChI=1S/C17H14N2O3S/c1-18-16(21)10-3-2-4-11(7-10)23-12-5-6-13-14(9-20)17(22)19-15(13)8-12/h2-9,20H,1H3,(H,18,21)(H,19,22). The Morgan fingerprint density at radius 1 is 1.22 bits per heavy atom. The summed E-state index contributed by atoms with van der Waals surface area (Å²) in [5.41, 5.74) is 2.21. The van der Waals surface area contributed by atoms with Gasteiger partial charge < -0.3 is 15.7 Å². The van der Waals surface area contributed by atoms with Crippen LogP contribution < -0.4 is 10.6 Å². The lowest BCUT2D eigenvalue weighted by molar-refractivity contribution is -0.110. The quantitative estimate of drug-likeness (QED) is 0.598. The summed E-state index contributed by atoms with van der Waals surface area (Å²) in [6, 6.07) is 12.8. The van der Waals surface area contributed by atoms with Crippen LogP contribution in [-0.2, 0) is 4.79 Å². The van der Waals surface area contributed by atoms with E-state index in [4.69, 9.17) is 5.11 Å². The van der Waals surface area contributed by atoms with Crippen molar-refractivity contribution < 1.29 is 14.7 Å². The van der Waals surface area contributed by atoms with Gasteiger partial charge in [-0.2, -0.15) is 0 Å². The zero-order valence-corrected chi connectivity index (χ0v) is 13.1. The van der Waals surface area contributed by atoms with Gasteiger partial charge in [-0.3, -0.25) is 9.59 Å². The summed E-state index contributed by atoms with van der Waals surface area (Å²) in [5, 5.41) is 14.4. The molecule has 5 nitrogen and oxygen atoms in total. The van der Waals surface area contributed by atoms with Gasteiger partial charge in [0, 0.05) is 28.0 Å². The maximum Gasteiger partial charge on any atom is 0.259 e. The Kier molecular flexibility index (Phi) is 4.08. The van der Waals surface area contributed by atoms with E-state index in [1.54, 1.807) is 19.2 Å². The average molecular weight is 326 g/mol. The zero-order chi connectivity index (χ0) is 16.4. The van der Waals surface area contributed by atoms with Gasteiger partial charge >= 0.3 is 0 Å². The molecule has 0 bridgehead atoms. The van der Waals surface area contributed by atoms with E-state index in [1.807, 2.05) is 30.3 Å². The van der Waals surface area contributed by atoms with Gasteiger partial charge in [0.25, 0.3) is 11.8 Å². The lowest BCUT2D eigenvalue weighted by Gasteiger charge is -2.06. The summed E-state index contributed by atoms with van der Waals surface area (Å²) in [7, 11) is 1.59. The van der Waals surface area contributed by atoms with Crippen molar-refractivity contribution in [2.24, 2.45) is 0 Å². The van der Waals surface area contributed by atoms with Crippen LogP contribution in [0.15, 0.2) is 58.5 Å². The zero-order valence-electron chi connectivity index (χ0n) is 12.3. The van der Waals surface area contributed by atoms with Crippen LogP contribution in [0, 0.1) is 0 Å². The topological polar surface area (TPSA) is 78.4 Å². The van der Waals surface area contributed by atoms with Gasteiger partial charge in [-0.25, -0.2) is 0 Å². The van der Waals surface area contributed by atoms with Crippen molar-refractivity contribution in [2.75, 3.05) is 12.4 Å². The summed E-state index contributed by atoms with van der Waals surface area (Å²) in [6.07, 6.45) is 0.820. The smallest absolute Gasteiger partial charge is 0.259 e. The van der Waals surface area contributed by atoms with Crippen LogP contribution in [0.1, 0.15) is 15.9 Å². The van der Waals surface area contributed by atoms with Gasteiger partial charge in [0.1, 0.15) is 0 Å². The molecule has 1 aliphatic rings. The number of anilines is 1. The van der Waals surface area contributed by atoms with Gasteiger partial charge in [0.15, 0.2) is 0 Å². The second-order valence-corrected chi connectivity index (χ2v) is 6.06. The monoisotopic (exact) mass is 326 g/mol. The molecule has 23 heavy (non-hydrogen) atoms. The molecule has 1 aliphatic heterocycles. The second kappa shape index (κ2) is 6.18. The van der Waals surface area contributed by atoms with Crippen molar-refractivity contribution in [1.82, 2.24) is 5.32 Å². The number of hydrogen-bond acceptors (Lipinski definition) is 4. The summed E-state index contributed by atoms with van der Waals surface area (Å²) in [6.45, 7) is 0. The molecule has 0 unspecified atom stereocenters. The Balaban J connectivity index is 1.87. The van der Waals surface area contributed by atoms with Gasteiger partial charge in [-0.1, -0.05) is 23.9 Å². The molecule has 2 amide bonds. The lowest BCUT2D eigenvalue weighted by Crippen LogP contribution is -2.17. The van der Waals surface area contributed by atoms with Gasteiger partial charge in [-0.05, 0) is 30.3 Å². The molecule has 3 N–H and O–H groups in total. The van der Waals surface area contributed by atoms with Crippen LogP contribution in [0.2, 0.25) is 0 Å². The Morgan fingerprint density at radius 2 is 2.00 bits per heavy atom. The van der Waals surface area contributed by atoms with Crippen molar-refractivity contribution >= 4 is 34.8 Å². The number of benzene rings is 2. The van der Waals surface area contributed by atoms with E-state index in [1.165, 1.54) is 11.8 Å². The normalized spacial score (nSPS) is 14.5. The largest absolute Gasteiger partial charge is 0.515 e. The van der Waals surface area contributed by atoms with Crippen molar-refractivity contribution in [1.29, 1.82) is 0 Å². The third kappa shape index (κ3) is 2.93. The lowest BCUT2D eigenvalue weighted by atomic mass is 10.1. The fourth-order valence-electron chi connectivity index (χ4n) is 2.35. The highest BCUT2D eigenvalue weighted by molar-refractivity contribution is 7.99. The molecule has 3 rings (SSSR count). The van der Waals surface area contributed by atoms with Crippen molar-refractivity contribution in [3.05, 3.63) is 59.9 Å². The molecule has 0 saturated carbocycles. The first-order valence-electron chi connectivity index (χ1n) is 6.92. The molecule has 2 aromatic carbocycles. The Bertz CT molecular complexity index is 830. The molecule has 2 aromatic rings. The number of amides is 2. The van der Waals surface area contributed by atoms with E-state index >= 15 is 0 Å². The Labute approximate surface area is 137 Å². The molecular weight excluding hydrogens is 312 g/mol. The number of carbonyl (C=O) groups excluding carboxylic acids is 2. The number of hydrogen-bond donors (Lipinski definition) is 3. The van der Waals surface area contributed by atoms with Gasteiger partial charge in [0.05, 0.1) is 17.5 Å². The maximum atomic E-state index is 11.7. The van der Waals surface area contributed by atoms with E-state index in [9.17, 15) is 9.59 Å². The number of aliphatic hydroxyl groups excluding tert-OH is 1. The number of fused-ring (bicyclic) bond motifs is 1.